The van der Waals surface area contributed by atoms with Gasteiger partial charge < -0.3 is 29.9 Å². The molecule has 208 valence electrons. The number of rotatable bonds is 11. The zero-order valence-electron chi connectivity index (χ0n) is 22.1. The number of methoxy groups -OCH3 is 1. The van der Waals surface area contributed by atoms with E-state index in [1.807, 2.05) is 66.8 Å². The fourth-order valence-corrected chi connectivity index (χ4v) is 5.06. The summed E-state index contributed by atoms with van der Waals surface area (Å²) in [5, 5.41) is 23.4. The largest absolute Gasteiger partial charge is 0.493 e. The van der Waals surface area contributed by atoms with Crippen LogP contribution in [-0.4, -0.2) is 71.7 Å². The lowest BCUT2D eigenvalue weighted by Crippen LogP contribution is -2.54. The lowest BCUT2D eigenvalue weighted by atomic mass is 9.87. The second-order valence-corrected chi connectivity index (χ2v) is 10.5. The summed E-state index contributed by atoms with van der Waals surface area (Å²) >= 11 is 2.01. The number of allylic oxidation sites excluding steroid dienone is 1. The van der Waals surface area contributed by atoms with Gasteiger partial charge in [-0.05, 0) is 60.2 Å². The molecule has 3 N–H and O–H groups in total. The van der Waals surface area contributed by atoms with Gasteiger partial charge in [0, 0.05) is 36.7 Å². The van der Waals surface area contributed by atoms with Gasteiger partial charge >= 0.3 is 0 Å². The van der Waals surface area contributed by atoms with Crippen molar-refractivity contribution in [2.24, 2.45) is 0 Å². The number of aliphatic hydroxyl groups excluding tert-OH is 2. The number of amides is 2. The molecule has 0 unspecified atom stereocenters. The molecule has 0 radical (unpaired) electrons. The monoisotopic (exact) mass is 648 g/mol. The third-order valence-corrected chi connectivity index (χ3v) is 6.95. The molecule has 10 heteroatoms. The number of benzene rings is 2. The van der Waals surface area contributed by atoms with E-state index in [9.17, 15) is 24.6 Å². The summed E-state index contributed by atoms with van der Waals surface area (Å²) in [6, 6.07) is 11.7. The maximum atomic E-state index is 13.4. The van der Waals surface area contributed by atoms with Crippen molar-refractivity contribution in [3.05, 3.63) is 80.5 Å². The van der Waals surface area contributed by atoms with Gasteiger partial charge in [0.15, 0.2) is 11.5 Å². The predicted molar refractivity (Wildman–Crippen MR) is 155 cm³/mol. The van der Waals surface area contributed by atoms with Crippen LogP contribution in [0, 0.1) is 3.57 Å². The Bertz CT molecular complexity index is 1240. The summed E-state index contributed by atoms with van der Waals surface area (Å²) in [6.45, 7) is 3.65. The van der Waals surface area contributed by atoms with Gasteiger partial charge in [0.1, 0.15) is 18.5 Å². The Morgan fingerprint density at radius 3 is 2.54 bits per heavy atom. The number of hydrogen-bond donors (Lipinski definition) is 3. The minimum absolute atomic E-state index is 0.0538. The molecule has 0 saturated heterocycles. The number of aliphatic hydroxyl groups is 2. The van der Waals surface area contributed by atoms with Gasteiger partial charge in [-0.25, -0.2) is 0 Å². The molecule has 39 heavy (non-hydrogen) atoms. The predicted octanol–water partition coefficient (Wildman–Crippen LogP) is 3.02. The van der Waals surface area contributed by atoms with Gasteiger partial charge in [-0.2, -0.15) is 0 Å². The minimum atomic E-state index is -1.20. The van der Waals surface area contributed by atoms with Crippen LogP contribution in [0.3, 0.4) is 0 Å². The maximum absolute atomic E-state index is 13.4. The summed E-state index contributed by atoms with van der Waals surface area (Å²) in [7, 11) is 1.44. The highest BCUT2D eigenvalue weighted by molar-refractivity contribution is 14.1. The highest BCUT2D eigenvalue weighted by Crippen LogP contribution is 2.37. The lowest BCUT2D eigenvalue weighted by Gasteiger charge is -2.40. The van der Waals surface area contributed by atoms with Crippen LogP contribution in [0.25, 0.3) is 0 Å². The molecule has 0 fully saturated rings. The fourth-order valence-electron chi connectivity index (χ4n) is 4.31. The summed E-state index contributed by atoms with van der Waals surface area (Å²) in [6.07, 6.45) is 1.57. The van der Waals surface area contributed by atoms with E-state index in [1.54, 1.807) is 11.0 Å². The average Bonchev–Trinajstić information content (AvgIpc) is 2.92. The summed E-state index contributed by atoms with van der Waals surface area (Å²) < 4.78 is 12.3. The van der Waals surface area contributed by atoms with E-state index in [2.05, 4.69) is 5.32 Å². The first kappa shape index (κ1) is 30.3. The molecule has 3 rings (SSSR count). The molecule has 2 amide bonds. The molecular weight excluding hydrogens is 615 g/mol. The van der Waals surface area contributed by atoms with E-state index >= 15 is 0 Å². The molecule has 1 aliphatic rings. The molecule has 3 atom stereocenters. The Hall–Kier alpha value is -3.22. The zero-order chi connectivity index (χ0) is 28.5. The normalized spacial score (nSPS) is 18.4. The highest BCUT2D eigenvalue weighted by atomic mass is 127. The third kappa shape index (κ3) is 7.90. The standard InChI is InChI=1S/C29H33IN2O7/c1-18(2)11-26(35)32(16-19-7-5-4-6-8-19)23-14-21(29(37)31-9-10-33)15-24(27(23)36)39-28-22(30)12-20(17-34)13-25(28)38-3/h4-8,11-13,15,17,23-24,27,33,36H,9-10,14,16H2,1-3H3,(H,31,37)/t23-,24+,27+/m1/s1. The number of nitrogens with one attached hydrogen (secondary N) is 1. The molecule has 2 aromatic carbocycles. The summed E-state index contributed by atoms with van der Waals surface area (Å²) in [4.78, 5) is 39.3. The van der Waals surface area contributed by atoms with Crippen LogP contribution in [0.5, 0.6) is 11.5 Å². The van der Waals surface area contributed by atoms with Gasteiger partial charge in [0.2, 0.25) is 11.8 Å². The molecule has 0 spiro atoms. The molecule has 0 aromatic heterocycles. The summed E-state index contributed by atoms with van der Waals surface area (Å²) in [5.74, 6) is -0.146. The molecule has 1 aliphatic carbocycles. The van der Waals surface area contributed by atoms with E-state index in [0.29, 0.717) is 32.5 Å². The number of carbonyl (C=O) groups excluding carboxylic acids is 3. The number of carbonyl (C=O) groups is 3. The van der Waals surface area contributed by atoms with Crippen LogP contribution in [0.15, 0.2) is 65.8 Å². The Kier molecular flexibility index (Phi) is 11.1. The fraction of sp³-hybridized carbons (Fsp3) is 0.345. The van der Waals surface area contributed by atoms with Crippen LogP contribution in [-0.2, 0) is 16.1 Å². The van der Waals surface area contributed by atoms with Crippen LogP contribution in [0.4, 0.5) is 0 Å². The van der Waals surface area contributed by atoms with Gasteiger partial charge in [0.25, 0.3) is 0 Å². The highest BCUT2D eigenvalue weighted by Gasteiger charge is 2.40. The van der Waals surface area contributed by atoms with Crippen LogP contribution in [0.2, 0.25) is 0 Å². The Labute approximate surface area is 241 Å². The van der Waals surface area contributed by atoms with E-state index < -0.39 is 24.2 Å². The molecule has 0 aliphatic heterocycles. The smallest absolute Gasteiger partial charge is 0.247 e. The van der Waals surface area contributed by atoms with E-state index in [-0.39, 0.29) is 32.0 Å². The van der Waals surface area contributed by atoms with E-state index in [4.69, 9.17) is 9.47 Å². The molecular formula is C29H33IN2O7. The Morgan fingerprint density at radius 2 is 1.92 bits per heavy atom. The first-order valence-electron chi connectivity index (χ1n) is 12.4. The van der Waals surface area contributed by atoms with Crippen molar-refractivity contribution < 1.29 is 34.1 Å². The van der Waals surface area contributed by atoms with E-state index in [0.717, 1.165) is 11.1 Å². The van der Waals surface area contributed by atoms with Crippen molar-refractivity contribution in [2.75, 3.05) is 20.3 Å². The first-order chi connectivity index (χ1) is 18.7. The topological polar surface area (TPSA) is 125 Å². The number of ether oxygens (including phenoxy) is 2. The summed E-state index contributed by atoms with van der Waals surface area (Å²) in [5.41, 5.74) is 2.36. The quantitative estimate of drug-likeness (QED) is 0.195. The van der Waals surface area contributed by atoms with Crippen molar-refractivity contribution >= 4 is 40.7 Å². The first-order valence-corrected chi connectivity index (χ1v) is 13.5. The number of aldehydes is 1. The van der Waals surface area contributed by atoms with Crippen molar-refractivity contribution in [2.45, 2.75) is 45.1 Å². The molecule has 9 nitrogen and oxygen atoms in total. The van der Waals surface area contributed by atoms with Crippen molar-refractivity contribution in [3.8, 4) is 11.5 Å². The third-order valence-electron chi connectivity index (χ3n) is 6.15. The Balaban J connectivity index is 2.06. The molecule has 0 bridgehead atoms. The van der Waals surface area contributed by atoms with Crippen LogP contribution < -0.4 is 14.8 Å². The number of nitrogens with zero attached hydrogens (tertiary/aromatic N) is 1. The van der Waals surface area contributed by atoms with Crippen molar-refractivity contribution in [1.82, 2.24) is 10.2 Å². The lowest BCUT2D eigenvalue weighted by molar-refractivity contribution is -0.134. The van der Waals surface area contributed by atoms with Gasteiger partial charge in [-0.15, -0.1) is 0 Å². The van der Waals surface area contributed by atoms with Crippen molar-refractivity contribution in [3.63, 3.8) is 0 Å². The Morgan fingerprint density at radius 1 is 1.21 bits per heavy atom. The molecule has 0 saturated carbocycles. The van der Waals surface area contributed by atoms with Gasteiger partial charge in [0.05, 0.1) is 23.3 Å². The van der Waals surface area contributed by atoms with Gasteiger partial charge in [-0.3, -0.25) is 14.4 Å². The average molecular weight is 648 g/mol. The van der Waals surface area contributed by atoms with Crippen LogP contribution in [0.1, 0.15) is 36.2 Å². The van der Waals surface area contributed by atoms with Crippen molar-refractivity contribution in [1.29, 1.82) is 0 Å². The van der Waals surface area contributed by atoms with Crippen LogP contribution >= 0.6 is 22.6 Å². The number of halogens is 1. The second kappa shape index (κ2) is 14.2. The maximum Gasteiger partial charge on any atom is 0.247 e. The second-order valence-electron chi connectivity index (χ2n) is 9.34. The SMILES string of the molecule is COc1cc(C=O)cc(I)c1O[C@H]1C=C(C(=O)NCCO)C[C@@H](N(Cc2ccccc2)C(=O)C=C(C)C)[C@@H]1O. The minimum Gasteiger partial charge on any atom is -0.493 e. The number of hydrogen-bond acceptors (Lipinski definition) is 7. The zero-order valence-corrected chi connectivity index (χ0v) is 24.3. The molecule has 0 heterocycles. The molecule has 2 aromatic rings. The van der Waals surface area contributed by atoms with Gasteiger partial charge in [-0.1, -0.05) is 35.9 Å². The van der Waals surface area contributed by atoms with E-state index in [1.165, 1.54) is 25.3 Å².